The summed E-state index contributed by atoms with van der Waals surface area (Å²) < 4.78 is 38.1. The van der Waals surface area contributed by atoms with Crippen molar-refractivity contribution in [1.29, 1.82) is 0 Å². The Morgan fingerprint density at radius 3 is 2.80 bits per heavy atom. The summed E-state index contributed by atoms with van der Waals surface area (Å²) in [4.78, 5) is 17.6. The number of sulfonamides is 1. The number of hydrogen-bond acceptors (Lipinski definition) is 8. The minimum absolute atomic E-state index is 0.146. The lowest BCUT2D eigenvalue weighted by atomic mass is 10.2. The van der Waals surface area contributed by atoms with Crippen molar-refractivity contribution in [2.45, 2.75) is 31.7 Å². The van der Waals surface area contributed by atoms with Crippen LogP contribution in [0.3, 0.4) is 0 Å². The van der Waals surface area contributed by atoms with Gasteiger partial charge in [0.25, 0.3) is 5.91 Å². The minimum atomic E-state index is -3.75. The predicted octanol–water partition coefficient (Wildman–Crippen LogP) is 2.76. The summed E-state index contributed by atoms with van der Waals surface area (Å²) in [6.07, 6.45) is 0.456. The average molecular weight is 449 g/mol. The molecule has 4 rings (SSSR count). The predicted molar refractivity (Wildman–Crippen MR) is 110 cm³/mol. The van der Waals surface area contributed by atoms with Gasteiger partial charge in [0.05, 0.1) is 19.3 Å². The largest absolute Gasteiger partial charge is 0.495 e. The van der Waals surface area contributed by atoms with Crippen molar-refractivity contribution in [3.05, 3.63) is 51.9 Å². The molecule has 0 atom stereocenters. The zero-order chi connectivity index (χ0) is 21.5. The molecule has 1 amide bonds. The molecule has 0 fully saturated rings. The standard InChI is InChI=1S/C19H20N4O5S2/c1-11-4-5-15(27-3)17(8-11)30(25,26)23-7-6-13-16(10-23)29-19(20-13)21-18(24)14-9-12(2)28-22-14/h4-5,8-9H,6-7,10H2,1-3H3,(H,20,21,24). The molecule has 1 aliphatic heterocycles. The van der Waals surface area contributed by atoms with E-state index in [1.807, 2.05) is 6.92 Å². The average Bonchev–Trinajstić information content (AvgIpc) is 3.32. The molecule has 0 saturated carbocycles. The number of amides is 1. The fourth-order valence-corrected chi connectivity index (χ4v) is 5.94. The van der Waals surface area contributed by atoms with Gasteiger partial charge in [-0.3, -0.25) is 10.1 Å². The molecule has 3 aromatic rings. The first-order chi connectivity index (χ1) is 14.3. The molecular formula is C19H20N4O5S2. The number of methoxy groups -OCH3 is 1. The van der Waals surface area contributed by atoms with Crippen LogP contribution in [0.5, 0.6) is 5.75 Å². The molecule has 9 nitrogen and oxygen atoms in total. The lowest BCUT2D eigenvalue weighted by molar-refractivity contribution is 0.101. The molecule has 0 radical (unpaired) electrons. The van der Waals surface area contributed by atoms with Crippen molar-refractivity contribution in [3.8, 4) is 5.75 Å². The van der Waals surface area contributed by atoms with Gasteiger partial charge >= 0.3 is 0 Å². The van der Waals surface area contributed by atoms with Gasteiger partial charge in [0, 0.05) is 23.9 Å². The maximum absolute atomic E-state index is 13.2. The number of fused-ring (bicyclic) bond motifs is 1. The molecule has 158 valence electrons. The third-order valence-electron chi connectivity index (χ3n) is 4.71. The number of carbonyl (C=O) groups excluding carboxylic acids is 1. The van der Waals surface area contributed by atoms with E-state index in [1.165, 1.54) is 28.8 Å². The Kier molecular flexibility index (Phi) is 5.35. The van der Waals surface area contributed by atoms with E-state index in [-0.39, 0.29) is 17.1 Å². The van der Waals surface area contributed by atoms with Gasteiger partial charge in [-0.1, -0.05) is 11.2 Å². The Bertz CT molecular complexity index is 1220. The highest BCUT2D eigenvalue weighted by atomic mass is 32.2. The minimum Gasteiger partial charge on any atom is -0.495 e. The number of aromatic nitrogens is 2. The summed E-state index contributed by atoms with van der Waals surface area (Å²) in [6.45, 7) is 4.02. The van der Waals surface area contributed by atoms with Gasteiger partial charge in [-0.15, -0.1) is 11.3 Å². The van der Waals surface area contributed by atoms with Gasteiger partial charge in [0.1, 0.15) is 16.4 Å². The summed E-state index contributed by atoms with van der Waals surface area (Å²) in [6, 6.07) is 6.61. The highest BCUT2D eigenvalue weighted by Crippen LogP contribution is 2.34. The van der Waals surface area contributed by atoms with E-state index in [4.69, 9.17) is 9.26 Å². The first-order valence-corrected chi connectivity index (χ1v) is 11.4. The molecule has 11 heteroatoms. The van der Waals surface area contributed by atoms with Crippen LogP contribution in [0, 0.1) is 13.8 Å². The third kappa shape index (κ3) is 3.83. The van der Waals surface area contributed by atoms with Crippen LogP contribution in [-0.4, -0.2) is 42.4 Å². The number of rotatable bonds is 5. The van der Waals surface area contributed by atoms with E-state index in [0.29, 0.717) is 29.6 Å². The number of nitrogens with one attached hydrogen (secondary N) is 1. The van der Waals surface area contributed by atoms with Crippen LogP contribution < -0.4 is 10.1 Å². The van der Waals surface area contributed by atoms with Crippen molar-refractivity contribution in [2.24, 2.45) is 0 Å². The molecule has 3 heterocycles. The Labute approximate surface area is 177 Å². The fraction of sp³-hybridized carbons (Fsp3) is 0.316. The summed E-state index contributed by atoms with van der Waals surface area (Å²) in [7, 11) is -2.30. The monoisotopic (exact) mass is 448 g/mol. The number of thiazole rings is 1. The van der Waals surface area contributed by atoms with E-state index in [9.17, 15) is 13.2 Å². The third-order valence-corrected chi connectivity index (χ3v) is 7.58. The van der Waals surface area contributed by atoms with Crippen LogP contribution in [-0.2, 0) is 23.0 Å². The second-order valence-corrected chi connectivity index (χ2v) is 9.90. The van der Waals surface area contributed by atoms with Crippen LogP contribution in [0.25, 0.3) is 0 Å². The van der Waals surface area contributed by atoms with Crippen molar-refractivity contribution >= 4 is 32.4 Å². The molecule has 0 bridgehead atoms. The second kappa shape index (κ2) is 7.82. The molecular weight excluding hydrogens is 428 g/mol. The topological polar surface area (TPSA) is 115 Å². The van der Waals surface area contributed by atoms with Crippen LogP contribution >= 0.6 is 11.3 Å². The van der Waals surface area contributed by atoms with Gasteiger partial charge in [0.2, 0.25) is 10.0 Å². The zero-order valence-electron chi connectivity index (χ0n) is 16.6. The molecule has 0 spiro atoms. The maximum Gasteiger partial charge on any atom is 0.279 e. The first kappa shape index (κ1) is 20.5. The zero-order valence-corrected chi connectivity index (χ0v) is 18.3. The van der Waals surface area contributed by atoms with Crippen molar-refractivity contribution in [2.75, 3.05) is 19.0 Å². The van der Waals surface area contributed by atoms with Gasteiger partial charge in [-0.05, 0) is 31.5 Å². The van der Waals surface area contributed by atoms with E-state index < -0.39 is 15.9 Å². The van der Waals surface area contributed by atoms with E-state index in [0.717, 1.165) is 16.1 Å². The Morgan fingerprint density at radius 2 is 2.10 bits per heavy atom. The van der Waals surface area contributed by atoms with Crippen LogP contribution in [0.4, 0.5) is 5.13 Å². The highest BCUT2D eigenvalue weighted by Gasteiger charge is 2.32. The maximum atomic E-state index is 13.2. The number of nitrogens with zero attached hydrogens (tertiary/aromatic N) is 3. The summed E-state index contributed by atoms with van der Waals surface area (Å²) in [5.74, 6) is 0.421. The number of hydrogen-bond donors (Lipinski definition) is 1. The summed E-state index contributed by atoms with van der Waals surface area (Å²) in [5, 5.41) is 6.78. The van der Waals surface area contributed by atoms with E-state index >= 15 is 0 Å². The van der Waals surface area contributed by atoms with E-state index in [1.54, 1.807) is 25.1 Å². The summed E-state index contributed by atoms with van der Waals surface area (Å²) >= 11 is 1.25. The van der Waals surface area contributed by atoms with Crippen molar-refractivity contribution < 1.29 is 22.5 Å². The number of anilines is 1. The molecule has 0 aliphatic carbocycles. The number of benzene rings is 1. The lowest BCUT2D eigenvalue weighted by Gasteiger charge is -2.26. The quantitative estimate of drug-likeness (QED) is 0.638. The van der Waals surface area contributed by atoms with Crippen molar-refractivity contribution in [3.63, 3.8) is 0 Å². The Balaban J connectivity index is 1.55. The molecule has 1 N–H and O–H groups in total. The van der Waals surface area contributed by atoms with Gasteiger partial charge in [-0.2, -0.15) is 4.31 Å². The van der Waals surface area contributed by atoms with Crippen LogP contribution in [0.2, 0.25) is 0 Å². The fourth-order valence-electron chi connectivity index (χ4n) is 3.19. The molecule has 1 aromatic carbocycles. The van der Waals surface area contributed by atoms with Crippen LogP contribution in [0.15, 0.2) is 33.7 Å². The molecule has 0 saturated heterocycles. The summed E-state index contributed by atoms with van der Waals surface area (Å²) in [5.41, 5.74) is 1.78. The second-order valence-electron chi connectivity index (χ2n) is 6.91. The number of aryl methyl sites for hydroxylation is 2. The van der Waals surface area contributed by atoms with Crippen LogP contribution in [0.1, 0.15) is 32.4 Å². The highest BCUT2D eigenvalue weighted by molar-refractivity contribution is 7.89. The SMILES string of the molecule is COc1ccc(C)cc1S(=O)(=O)N1CCc2nc(NC(=O)c3cc(C)on3)sc2C1. The normalized spacial score (nSPS) is 14.4. The van der Waals surface area contributed by atoms with E-state index in [2.05, 4.69) is 15.5 Å². The molecule has 30 heavy (non-hydrogen) atoms. The van der Waals surface area contributed by atoms with Gasteiger partial charge < -0.3 is 9.26 Å². The lowest BCUT2D eigenvalue weighted by Crippen LogP contribution is -2.35. The number of ether oxygens (including phenoxy) is 1. The molecule has 1 aliphatic rings. The van der Waals surface area contributed by atoms with Gasteiger partial charge in [0.15, 0.2) is 10.8 Å². The Hall–Kier alpha value is -2.76. The molecule has 0 unspecified atom stereocenters. The van der Waals surface area contributed by atoms with Gasteiger partial charge in [-0.25, -0.2) is 13.4 Å². The molecule has 2 aromatic heterocycles. The van der Waals surface area contributed by atoms with Crippen molar-refractivity contribution in [1.82, 2.24) is 14.4 Å². The smallest absolute Gasteiger partial charge is 0.279 e. The Morgan fingerprint density at radius 1 is 1.30 bits per heavy atom. The number of carbonyl (C=O) groups is 1. The first-order valence-electron chi connectivity index (χ1n) is 9.16.